The number of imidazole rings is 1. The van der Waals surface area contributed by atoms with Gasteiger partial charge in [0.05, 0.1) is 11.0 Å². The Labute approximate surface area is 165 Å². The topological polar surface area (TPSA) is 90.5 Å². The highest BCUT2D eigenvalue weighted by Crippen LogP contribution is 2.27. The Morgan fingerprint density at radius 2 is 1.71 bits per heavy atom. The standard InChI is InChI=1S/C20H19ClN2O5/c1-20(2,3)28-17(24)16(12-7-5-4-6-8-12)22-15-11-13(21)9-10-14(15)23(18(22)25)19(26)27/h4-11,16H,1-3H3,(H,26,27). The van der Waals surface area contributed by atoms with E-state index in [1.165, 1.54) is 18.2 Å². The third kappa shape index (κ3) is 3.66. The minimum atomic E-state index is -1.45. The van der Waals surface area contributed by atoms with Gasteiger partial charge in [0.15, 0.2) is 6.04 Å². The van der Waals surface area contributed by atoms with Crippen molar-refractivity contribution < 1.29 is 19.4 Å². The normalized spacial score (nSPS) is 12.7. The molecule has 3 aromatic rings. The average Bonchev–Trinajstić information content (AvgIpc) is 2.86. The number of carbonyl (C=O) groups excluding carboxylic acids is 1. The summed E-state index contributed by atoms with van der Waals surface area (Å²) in [6, 6.07) is 11.8. The Kier molecular flexibility index (Phi) is 5.04. The minimum absolute atomic E-state index is 0.131. The predicted octanol–water partition coefficient (Wildman–Crippen LogP) is 3.91. The molecule has 1 N–H and O–H groups in total. The maximum atomic E-state index is 13.0. The lowest BCUT2D eigenvalue weighted by atomic mass is 10.1. The molecule has 0 saturated heterocycles. The molecule has 1 unspecified atom stereocenters. The summed E-state index contributed by atoms with van der Waals surface area (Å²) in [5, 5.41) is 9.83. The first kappa shape index (κ1) is 19.7. The van der Waals surface area contributed by atoms with Crippen molar-refractivity contribution in [3.63, 3.8) is 0 Å². The lowest BCUT2D eigenvalue weighted by molar-refractivity contribution is -0.157. The van der Waals surface area contributed by atoms with Crippen molar-refractivity contribution in [2.45, 2.75) is 32.4 Å². The summed E-state index contributed by atoms with van der Waals surface area (Å²) in [5.74, 6) is -0.676. The van der Waals surface area contributed by atoms with E-state index in [4.69, 9.17) is 16.3 Å². The van der Waals surface area contributed by atoms with Crippen molar-refractivity contribution >= 4 is 34.7 Å². The highest BCUT2D eigenvalue weighted by Gasteiger charge is 2.33. The van der Waals surface area contributed by atoms with Gasteiger partial charge >= 0.3 is 17.8 Å². The van der Waals surface area contributed by atoms with Gasteiger partial charge in [-0.2, -0.15) is 4.57 Å². The highest BCUT2D eigenvalue weighted by molar-refractivity contribution is 6.31. The van der Waals surface area contributed by atoms with Crippen LogP contribution in [0.2, 0.25) is 5.02 Å². The lowest BCUT2D eigenvalue weighted by Gasteiger charge is -2.25. The monoisotopic (exact) mass is 402 g/mol. The molecule has 0 spiro atoms. The number of rotatable bonds is 3. The van der Waals surface area contributed by atoms with E-state index < -0.39 is 29.4 Å². The first-order valence-electron chi connectivity index (χ1n) is 8.54. The number of hydrogen-bond donors (Lipinski definition) is 1. The average molecular weight is 403 g/mol. The quantitative estimate of drug-likeness (QED) is 0.670. The Morgan fingerprint density at radius 1 is 1.07 bits per heavy atom. The molecule has 8 heteroatoms. The zero-order valence-corrected chi connectivity index (χ0v) is 16.3. The summed E-state index contributed by atoms with van der Waals surface area (Å²) in [6.07, 6.45) is -1.45. The van der Waals surface area contributed by atoms with Crippen molar-refractivity contribution in [2.24, 2.45) is 0 Å². The molecule has 0 radical (unpaired) electrons. The van der Waals surface area contributed by atoms with Crippen LogP contribution in [-0.4, -0.2) is 31.9 Å². The Hall–Kier alpha value is -3.06. The van der Waals surface area contributed by atoms with Crippen molar-refractivity contribution in [3.05, 3.63) is 69.6 Å². The minimum Gasteiger partial charge on any atom is -0.464 e. The first-order valence-corrected chi connectivity index (χ1v) is 8.91. The summed E-state index contributed by atoms with van der Waals surface area (Å²) < 4.78 is 7.22. The predicted molar refractivity (Wildman–Crippen MR) is 105 cm³/mol. The smallest absolute Gasteiger partial charge is 0.420 e. The maximum absolute atomic E-state index is 13.0. The van der Waals surface area contributed by atoms with Crippen molar-refractivity contribution in [1.82, 2.24) is 9.13 Å². The van der Waals surface area contributed by atoms with E-state index in [-0.39, 0.29) is 11.0 Å². The highest BCUT2D eigenvalue weighted by atomic mass is 35.5. The van der Waals surface area contributed by atoms with Crippen LogP contribution in [0.4, 0.5) is 4.79 Å². The van der Waals surface area contributed by atoms with Gasteiger partial charge in [-0.05, 0) is 44.5 Å². The van der Waals surface area contributed by atoms with Gasteiger partial charge in [0.25, 0.3) is 0 Å². The van der Waals surface area contributed by atoms with Crippen LogP contribution >= 0.6 is 11.6 Å². The van der Waals surface area contributed by atoms with Gasteiger partial charge in [-0.1, -0.05) is 41.9 Å². The van der Waals surface area contributed by atoms with Gasteiger partial charge in [-0.15, -0.1) is 0 Å². The molecule has 0 aliphatic heterocycles. The van der Waals surface area contributed by atoms with Gasteiger partial charge in [0.2, 0.25) is 0 Å². The van der Waals surface area contributed by atoms with E-state index in [2.05, 4.69) is 0 Å². The summed E-state index contributed by atoms with van der Waals surface area (Å²) >= 11 is 6.08. The number of carbonyl (C=O) groups is 2. The third-order valence-corrected chi connectivity index (χ3v) is 4.27. The molecule has 1 atom stereocenters. The van der Waals surface area contributed by atoms with Crippen LogP contribution in [0.5, 0.6) is 0 Å². The van der Waals surface area contributed by atoms with Crippen LogP contribution in [-0.2, 0) is 9.53 Å². The molecule has 0 aliphatic rings. The van der Waals surface area contributed by atoms with E-state index in [0.717, 1.165) is 4.57 Å². The number of halogens is 1. The summed E-state index contributed by atoms with van der Waals surface area (Å²) in [7, 11) is 0. The van der Waals surface area contributed by atoms with E-state index in [0.29, 0.717) is 15.2 Å². The number of nitrogens with zero attached hydrogens (tertiary/aromatic N) is 2. The summed E-state index contributed by atoms with van der Waals surface area (Å²) in [5.41, 5.74) is -0.824. The van der Waals surface area contributed by atoms with Crippen LogP contribution in [0, 0.1) is 0 Å². The fraction of sp³-hybridized carbons (Fsp3) is 0.250. The number of benzene rings is 2. The number of esters is 1. The number of fused-ring (bicyclic) bond motifs is 1. The zero-order chi connectivity index (χ0) is 20.6. The summed E-state index contributed by atoms with van der Waals surface area (Å²) in [6.45, 7) is 5.15. The second kappa shape index (κ2) is 7.16. The van der Waals surface area contributed by atoms with Gasteiger partial charge in [-0.3, -0.25) is 4.57 Å². The van der Waals surface area contributed by atoms with Gasteiger partial charge in [0, 0.05) is 5.02 Å². The molecule has 0 amide bonds. The zero-order valence-electron chi connectivity index (χ0n) is 15.5. The molecule has 28 heavy (non-hydrogen) atoms. The van der Waals surface area contributed by atoms with E-state index in [9.17, 15) is 19.5 Å². The molecule has 0 aliphatic carbocycles. The Balaban J connectivity index is 2.35. The van der Waals surface area contributed by atoms with Gasteiger partial charge < -0.3 is 9.84 Å². The van der Waals surface area contributed by atoms with Crippen LogP contribution in [0.3, 0.4) is 0 Å². The number of carboxylic acid groups (broad SMARTS) is 1. The second-order valence-electron chi connectivity index (χ2n) is 7.25. The van der Waals surface area contributed by atoms with Crippen molar-refractivity contribution in [1.29, 1.82) is 0 Å². The number of aromatic nitrogens is 2. The molecule has 0 saturated carbocycles. The molecule has 7 nitrogen and oxygen atoms in total. The molecule has 0 bridgehead atoms. The van der Waals surface area contributed by atoms with Gasteiger partial charge in [0.1, 0.15) is 5.60 Å². The first-order chi connectivity index (χ1) is 13.1. The molecule has 2 aromatic carbocycles. The summed E-state index contributed by atoms with van der Waals surface area (Å²) in [4.78, 5) is 37.8. The molecular formula is C20H19ClN2O5. The number of hydrogen-bond acceptors (Lipinski definition) is 4. The van der Waals surface area contributed by atoms with Crippen LogP contribution in [0.25, 0.3) is 11.0 Å². The Morgan fingerprint density at radius 3 is 2.29 bits per heavy atom. The van der Waals surface area contributed by atoms with Crippen LogP contribution < -0.4 is 5.69 Å². The van der Waals surface area contributed by atoms with Crippen LogP contribution in [0.15, 0.2) is 53.3 Å². The third-order valence-electron chi connectivity index (χ3n) is 4.03. The number of ether oxygens (including phenoxy) is 1. The fourth-order valence-corrected chi connectivity index (χ4v) is 3.18. The second-order valence-corrected chi connectivity index (χ2v) is 7.69. The molecule has 146 valence electrons. The molecule has 1 heterocycles. The molecule has 1 aromatic heterocycles. The largest absolute Gasteiger partial charge is 0.464 e. The van der Waals surface area contributed by atoms with E-state index in [1.54, 1.807) is 51.1 Å². The lowest BCUT2D eigenvalue weighted by Crippen LogP contribution is -2.37. The SMILES string of the molecule is CC(C)(C)OC(=O)C(c1ccccc1)n1c(=O)n(C(=O)O)c2ccc(Cl)cc21. The maximum Gasteiger partial charge on any atom is 0.420 e. The Bertz CT molecular complexity index is 1110. The fourth-order valence-electron chi connectivity index (χ4n) is 3.01. The van der Waals surface area contributed by atoms with E-state index in [1.807, 2.05) is 0 Å². The van der Waals surface area contributed by atoms with Crippen molar-refractivity contribution in [3.8, 4) is 0 Å². The van der Waals surface area contributed by atoms with Crippen molar-refractivity contribution in [2.75, 3.05) is 0 Å². The van der Waals surface area contributed by atoms with E-state index >= 15 is 0 Å². The molecule has 0 fully saturated rings. The van der Waals surface area contributed by atoms with Crippen LogP contribution in [0.1, 0.15) is 32.4 Å². The van der Waals surface area contributed by atoms with Gasteiger partial charge in [-0.25, -0.2) is 14.4 Å². The molecule has 3 rings (SSSR count). The molecular weight excluding hydrogens is 384 g/mol.